The molecule has 0 radical (unpaired) electrons. The minimum atomic E-state index is -0.801. The number of hydrogen-bond donors (Lipinski definition) is 3. The van der Waals surface area contributed by atoms with Crippen molar-refractivity contribution in [2.45, 2.75) is 18.9 Å². The van der Waals surface area contributed by atoms with Crippen LogP contribution in [0.15, 0.2) is 0 Å². The van der Waals surface area contributed by atoms with Gasteiger partial charge in [0.25, 0.3) is 0 Å². The van der Waals surface area contributed by atoms with Gasteiger partial charge in [-0.25, -0.2) is 0 Å². The lowest BCUT2D eigenvalue weighted by atomic mass is 10.2. The summed E-state index contributed by atoms with van der Waals surface area (Å²) in [6.07, 6.45) is 1.41. The molecule has 3 N–H and O–H groups in total. The standard InChI is InChI=1S/C8H17NO3S/c1-9-7(8(11)12)3-6-13-5-2-4-10/h7,9-10H,2-6H2,1H3,(H,11,12). The summed E-state index contributed by atoms with van der Waals surface area (Å²) in [5.41, 5.74) is 0. The van der Waals surface area contributed by atoms with E-state index in [2.05, 4.69) is 5.32 Å². The Kier molecular flexibility index (Phi) is 8.18. The highest BCUT2D eigenvalue weighted by atomic mass is 32.2. The maximum absolute atomic E-state index is 10.5. The van der Waals surface area contributed by atoms with Crippen LogP contribution in [-0.2, 0) is 4.79 Å². The van der Waals surface area contributed by atoms with Crippen molar-refractivity contribution in [2.24, 2.45) is 0 Å². The number of aliphatic hydroxyl groups excluding tert-OH is 1. The van der Waals surface area contributed by atoms with Crippen LogP contribution in [0.4, 0.5) is 0 Å². The molecule has 0 aliphatic carbocycles. The van der Waals surface area contributed by atoms with Crippen LogP contribution in [-0.4, -0.2) is 47.4 Å². The Morgan fingerprint density at radius 2 is 2.23 bits per heavy atom. The SMILES string of the molecule is CNC(CCSCCCO)C(=O)O. The van der Waals surface area contributed by atoms with Crippen LogP contribution < -0.4 is 5.32 Å². The Morgan fingerprint density at radius 1 is 1.54 bits per heavy atom. The minimum Gasteiger partial charge on any atom is -0.480 e. The van der Waals surface area contributed by atoms with Crippen LogP contribution in [0.25, 0.3) is 0 Å². The average molecular weight is 207 g/mol. The summed E-state index contributed by atoms with van der Waals surface area (Å²) in [5, 5.41) is 19.9. The van der Waals surface area contributed by atoms with Gasteiger partial charge in [0.15, 0.2) is 0 Å². The molecule has 0 aromatic carbocycles. The van der Waals surface area contributed by atoms with E-state index in [4.69, 9.17) is 10.2 Å². The van der Waals surface area contributed by atoms with Crippen molar-refractivity contribution < 1.29 is 15.0 Å². The van der Waals surface area contributed by atoms with E-state index in [1.807, 2.05) is 0 Å². The molecule has 0 spiro atoms. The molecule has 0 saturated carbocycles. The highest BCUT2D eigenvalue weighted by molar-refractivity contribution is 7.99. The molecule has 0 aromatic rings. The van der Waals surface area contributed by atoms with Gasteiger partial charge < -0.3 is 15.5 Å². The molecular formula is C8H17NO3S. The fourth-order valence-corrected chi connectivity index (χ4v) is 1.80. The van der Waals surface area contributed by atoms with E-state index in [1.165, 1.54) is 0 Å². The fourth-order valence-electron chi connectivity index (χ4n) is 0.861. The summed E-state index contributed by atoms with van der Waals surface area (Å²) in [4.78, 5) is 10.5. The zero-order valence-corrected chi connectivity index (χ0v) is 8.64. The first-order valence-corrected chi connectivity index (χ1v) is 5.46. The number of nitrogens with one attached hydrogen (secondary N) is 1. The number of likely N-dealkylation sites (N-methyl/N-ethyl adjacent to an activating group) is 1. The summed E-state index contributed by atoms with van der Waals surface area (Å²) >= 11 is 1.68. The number of aliphatic carboxylic acids is 1. The highest BCUT2D eigenvalue weighted by Gasteiger charge is 2.13. The third-order valence-corrected chi connectivity index (χ3v) is 2.75. The number of aliphatic hydroxyl groups is 1. The summed E-state index contributed by atoms with van der Waals surface area (Å²) in [6.45, 7) is 0.210. The molecule has 0 bridgehead atoms. The van der Waals surface area contributed by atoms with Gasteiger partial charge in [-0.1, -0.05) is 0 Å². The van der Waals surface area contributed by atoms with E-state index < -0.39 is 12.0 Å². The van der Waals surface area contributed by atoms with Gasteiger partial charge in [-0.05, 0) is 31.4 Å². The molecule has 13 heavy (non-hydrogen) atoms. The highest BCUT2D eigenvalue weighted by Crippen LogP contribution is 2.06. The number of carbonyl (C=O) groups is 1. The van der Waals surface area contributed by atoms with Crippen molar-refractivity contribution in [3.63, 3.8) is 0 Å². The predicted molar refractivity (Wildman–Crippen MR) is 54.1 cm³/mol. The zero-order chi connectivity index (χ0) is 10.1. The van der Waals surface area contributed by atoms with Crippen LogP contribution in [0.2, 0.25) is 0 Å². The quantitative estimate of drug-likeness (QED) is 0.495. The minimum absolute atomic E-state index is 0.210. The van der Waals surface area contributed by atoms with Gasteiger partial charge in [0.2, 0.25) is 0 Å². The molecule has 1 unspecified atom stereocenters. The average Bonchev–Trinajstić information content (AvgIpc) is 2.10. The van der Waals surface area contributed by atoms with Gasteiger partial charge in [0.05, 0.1) is 0 Å². The van der Waals surface area contributed by atoms with Crippen molar-refractivity contribution in [1.29, 1.82) is 0 Å². The number of thioether (sulfide) groups is 1. The third kappa shape index (κ3) is 6.86. The monoisotopic (exact) mass is 207 g/mol. The van der Waals surface area contributed by atoms with Gasteiger partial charge >= 0.3 is 5.97 Å². The van der Waals surface area contributed by atoms with Gasteiger partial charge in [0.1, 0.15) is 6.04 Å². The van der Waals surface area contributed by atoms with E-state index in [-0.39, 0.29) is 6.61 Å². The molecule has 0 saturated heterocycles. The van der Waals surface area contributed by atoms with Crippen LogP contribution in [0.3, 0.4) is 0 Å². The van der Waals surface area contributed by atoms with Crippen molar-refractivity contribution >= 4 is 17.7 Å². The molecule has 0 heterocycles. The third-order valence-electron chi connectivity index (χ3n) is 1.64. The van der Waals surface area contributed by atoms with Crippen molar-refractivity contribution in [1.82, 2.24) is 5.32 Å². The molecule has 0 fully saturated rings. The van der Waals surface area contributed by atoms with Crippen LogP contribution >= 0.6 is 11.8 Å². The van der Waals surface area contributed by atoms with Gasteiger partial charge in [-0.3, -0.25) is 4.79 Å². The molecule has 0 aliphatic rings. The van der Waals surface area contributed by atoms with Gasteiger partial charge in [-0.2, -0.15) is 11.8 Å². The lowest BCUT2D eigenvalue weighted by Gasteiger charge is -2.09. The van der Waals surface area contributed by atoms with Crippen molar-refractivity contribution in [3.05, 3.63) is 0 Å². The van der Waals surface area contributed by atoms with Crippen LogP contribution in [0.1, 0.15) is 12.8 Å². The Balaban J connectivity index is 3.33. The first-order chi connectivity index (χ1) is 6.22. The molecule has 78 valence electrons. The lowest BCUT2D eigenvalue weighted by Crippen LogP contribution is -2.34. The molecular weight excluding hydrogens is 190 g/mol. The lowest BCUT2D eigenvalue weighted by molar-refractivity contribution is -0.139. The van der Waals surface area contributed by atoms with E-state index in [0.29, 0.717) is 6.42 Å². The maximum atomic E-state index is 10.5. The molecule has 0 rings (SSSR count). The van der Waals surface area contributed by atoms with Crippen molar-refractivity contribution in [2.75, 3.05) is 25.2 Å². The predicted octanol–water partition coefficient (Wildman–Crippen LogP) is 0.165. The molecule has 0 aliphatic heterocycles. The van der Waals surface area contributed by atoms with Crippen LogP contribution in [0.5, 0.6) is 0 Å². The second-order valence-electron chi connectivity index (χ2n) is 2.66. The molecule has 0 amide bonds. The summed E-state index contributed by atoms with van der Waals surface area (Å²) in [6, 6.07) is -0.443. The smallest absolute Gasteiger partial charge is 0.320 e. The second kappa shape index (κ2) is 8.34. The summed E-state index contributed by atoms with van der Waals surface area (Å²) < 4.78 is 0. The van der Waals surface area contributed by atoms with Crippen molar-refractivity contribution in [3.8, 4) is 0 Å². The number of rotatable bonds is 8. The molecule has 0 aromatic heterocycles. The zero-order valence-electron chi connectivity index (χ0n) is 7.82. The molecule has 1 atom stereocenters. The normalized spacial score (nSPS) is 12.8. The Labute approximate surface area is 82.7 Å². The summed E-state index contributed by atoms with van der Waals surface area (Å²) in [7, 11) is 1.65. The van der Waals surface area contributed by atoms with Gasteiger partial charge in [-0.15, -0.1) is 0 Å². The maximum Gasteiger partial charge on any atom is 0.320 e. The van der Waals surface area contributed by atoms with E-state index in [0.717, 1.165) is 17.9 Å². The number of carboxylic acids is 1. The largest absolute Gasteiger partial charge is 0.480 e. The summed E-state index contributed by atoms with van der Waals surface area (Å²) in [5.74, 6) is 0.912. The topological polar surface area (TPSA) is 69.6 Å². The molecule has 4 nitrogen and oxygen atoms in total. The Bertz CT molecular complexity index is 143. The van der Waals surface area contributed by atoms with E-state index in [1.54, 1.807) is 18.8 Å². The second-order valence-corrected chi connectivity index (χ2v) is 3.88. The molecule has 5 heteroatoms. The fraction of sp³-hybridized carbons (Fsp3) is 0.875. The van der Waals surface area contributed by atoms with E-state index in [9.17, 15) is 4.79 Å². The Hall–Kier alpha value is -0.260. The first kappa shape index (κ1) is 12.7. The Morgan fingerprint density at radius 3 is 2.69 bits per heavy atom. The van der Waals surface area contributed by atoms with Gasteiger partial charge in [0, 0.05) is 6.61 Å². The number of carboxylic acid groups (broad SMARTS) is 1. The van der Waals surface area contributed by atoms with Crippen LogP contribution in [0, 0.1) is 0 Å². The first-order valence-electron chi connectivity index (χ1n) is 4.31. The number of hydrogen-bond acceptors (Lipinski definition) is 4. The van der Waals surface area contributed by atoms with E-state index >= 15 is 0 Å².